The fourth-order valence-corrected chi connectivity index (χ4v) is 2.19. The molecule has 5 nitrogen and oxygen atoms in total. The summed E-state index contributed by atoms with van der Waals surface area (Å²) in [6, 6.07) is 4.22. The van der Waals surface area contributed by atoms with Crippen molar-refractivity contribution in [3.63, 3.8) is 0 Å². The fraction of sp³-hybridized carbons (Fsp3) is 0.533. The molecular formula is C15H20N2O3. The summed E-state index contributed by atoms with van der Waals surface area (Å²) in [6.45, 7) is 0.630. The Kier molecular flexibility index (Phi) is 5.09. The minimum absolute atomic E-state index is 0.134. The minimum Gasteiger partial charge on any atom is -0.481 e. The Bertz CT molecular complexity index is 457. The van der Waals surface area contributed by atoms with Crippen LogP contribution in [0.2, 0.25) is 0 Å². The first kappa shape index (κ1) is 14.5. The molecule has 1 heterocycles. The standard InChI is InChI=1S/C15H20N2O3/c18-14(3-1-2-4-15(19)20)17(13-5-6-13)11-12-7-9-16-10-8-12/h7-10,13H,1-6,11H2,(H,19,20). The van der Waals surface area contributed by atoms with Gasteiger partial charge in [-0.05, 0) is 43.4 Å². The lowest BCUT2D eigenvalue weighted by Gasteiger charge is -2.22. The quantitative estimate of drug-likeness (QED) is 0.739. The zero-order valence-electron chi connectivity index (χ0n) is 11.5. The predicted octanol–water partition coefficient (Wildman–Crippen LogP) is 2.22. The van der Waals surface area contributed by atoms with Crippen molar-refractivity contribution in [3.8, 4) is 0 Å². The monoisotopic (exact) mass is 276 g/mol. The molecule has 0 saturated heterocycles. The average molecular weight is 276 g/mol. The van der Waals surface area contributed by atoms with E-state index in [0.717, 1.165) is 18.4 Å². The second-order valence-corrected chi connectivity index (χ2v) is 5.21. The van der Waals surface area contributed by atoms with Crippen LogP contribution in [-0.4, -0.2) is 32.9 Å². The summed E-state index contributed by atoms with van der Waals surface area (Å²) in [6.07, 6.45) is 7.41. The lowest BCUT2D eigenvalue weighted by Crippen LogP contribution is -2.32. The topological polar surface area (TPSA) is 70.5 Å². The van der Waals surface area contributed by atoms with Gasteiger partial charge in [-0.3, -0.25) is 14.6 Å². The van der Waals surface area contributed by atoms with Gasteiger partial charge in [0.1, 0.15) is 0 Å². The molecule has 1 aliphatic rings. The molecule has 1 aromatic rings. The van der Waals surface area contributed by atoms with Gasteiger partial charge < -0.3 is 10.0 Å². The van der Waals surface area contributed by atoms with Crippen molar-refractivity contribution in [1.29, 1.82) is 0 Å². The zero-order valence-corrected chi connectivity index (χ0v) is 11.5. The second kappa shape index (κ2) is 7.03. The maximum absolute atomic E-state index is 12.2. The van der Waals surface area contributed by atoms with Gasteiger partial charge in [0.2, 0.25) is 5.91 Å². The van der Waals surface area contributed by atoms with Crippen molar-refractivity contribution in [3.05, 3.63) is 30.1 Å². The molecule has 0 atom stereocenters. The van der Waals surface area contributed by atoms with Gasteiger partial charge in [0.15, 0.2) is 0 Å². The number of hydrogen-bond donors (Lipinski definition) is 1. The first-order valence-electron chi connectivity index (χ1n) is 7.07. The number of hydrogen-bond acceptors (Lipinski definition) is 3. The van der Waals surface area contributed by atoms with Gasteiger partial charge in [0.05, 0.1) is 0 Å². The highest BCUT2D eigenvalue weighted by molar-refractivity contribution is 5.77. The molecule has 0 unspecified atom stereocenters. The number of carbonyl (C=O) groups excluding carboxylic acids is 1. The van der Waals surface area contributed by atoms with Crippen LogP contribution in [-0.2, 0) is 16.1 Å². The van der Waals surface area contributed by atoms with Crippen LogP contribution >= 0.6 is 0 Å². The highest BCUT2D eigenvalue weighted by Crippen LogP contribution is 2.29. The van der Waals surface area contributed by atoms with E-state index in [-0.39, 0.29) is 12.3 Å². The number of carboxylic acids is 1. The van der Waals surface area contributed by atoms with E-state index in [9.17, 15) is 9.59 Å². The summed E-state index contributed by atoms with van der Waals surface area (Å²) in [4.78, 5) is 28.6. The third-order valence-corrected chi connectivity index (χ3v) is 3.44. The number of carboxylic acid groups (broad SMARTS) is 1. The van der Waals surface area contributed by atoms with Crippen LogP contribution in [0.1, 0.15) is 44.1 Å². The predicted molar refractivity (Wildman–Crippen MR) is 73.9 cm³/mol. The lowest BCUT2D eigenvalue weighted by molar-refractivity contribution is -0.137. The van der Waals surface area contributed by atoms with E-state index in [1.54, 1.807) is 12.4 Å². The Morgan fingerprint density at radius 2 is 1.85 bits per heavy atom. The Labute approximate surface area is 118 Å². The van der Waals surface area contributed by atoms with E-state index in [1.165, 1.54) is 0 Å². The summed E-state index contributed by atoms with van der Waals surface area (Å²) in [5, 5.41) is 8.58. The van der Waals surface area contributed by atoms with E-state index in [4.69, 9.17) is 5.11 Å². The molecular weight excluding hydrogens is 256 g/mol. The molecule has 20 heavy (non-hydrogen) atoms. The highest BCUT2D eigenvalue weighted by atomic mass is 16.4. The molecule has 1 amide bonds. The van der Waals surface area contributed by atoms with Crippen LogP contribution in [0.3, 0.4) is 0 Å². The molecule has 5 heteroatoms. The number of aliphatic carboxylic acids is 1. The zero-order chi connectivity index (χ0) is 14.4. The van der Waals surface area contributed by atoms with Crippen LogP contribution in [0.4, 0.5) is 0 Å². The maximum Gasteiger partial charge on any atom is 0.303 e. The molecule has 0 aromatic carbocycles. The number of unbranched alkanes of at least 4 members (excludes halogenated alkanes) is 1. The third-order valence-electron chi connectivity index (χ3n) is 3.44. The summed E-state index contributed by atoms with van der Waals surface area (Å²) < 4.78 is 0. The fourth-order valence-electron chi connectivity index (χ4n) is 2.19. The van der Waals surface area contributed by atoms with Crippen molar-refractivity contribution in [1.82, 2.24) is 9.88 Å². The second-order valence-electron chi connectivity index (χ2n) is 5.21. The van der Waals surface area contributed by atoms with Crippen LogP contribution in [0.15, 0.2) is 24.5 Å². The van der Waals surface area contributed by atoms with Gasteiger partial charge in [-0.25, -0.2) is 0 Å². The number of amides is 1. The van der Waals surface area contributed by atoms with Gasteiger partial charge in [-0.1, -0.05) is 0 Å². The van der Waals surface area contributed by atoms with Crippen LogP contribution in [0, 0.1) is 0 Å². The minimum atomic E-state index is -0.798. The normalized spacial score (nSPS) is 14.0. The summed E-state index contributed by atoms with van der Waals surface area (Å²) in [5.41, 5.74) is 1.09. The van der Waals surface area contributed by atoms with Gasteiger partial charge >= 0.3 is 5.97 Å². The van der Waals surface area contributed by atoms with Gasteiger partial charge in [0.25, 0.3) is 0 Å². The SMILES string of the molecule is O=C(O)CCCCC(=O)N(Cc1ccncc1)C1CC1. The number of carbonyl (C=O) groups is 2. The molecule has 0 radical (unpaired) electrons. The Morgan fingerprint density at radius 3 is 2.45 bits per heavy atom. The Balaban J connectivity index is 1.82. The molecule has 108 valence electrons. The first-order chi connectivity index (χ1) is 9.66. The van der Waals surface area contributed by atoms with E-state index >= 15 is 0 Å². The van der Waals surface area contributed by atoms with Crippen LogP contribution in [0.25, 0.3) is 0 Å². The Morgan fingerprint density at radius 1 is 1.20 bits per heavy atom. The number of aromatic nitrogens is 1. The van der Waals surface area contributed by atoms with Gasteiger partial charge in [0, 0.05) is 37.8 Å². The molecule has 1 N–H and O–H groups in total. The summed E-state index contributed by atoms with van der Waals surface area (Å²) >= 11 is 0. The van der Waals surface area contributed by atoms with Crippen molar-refractivity contribution in [2.45, 2.75) is 51.1 Å². The number of pyridine rings is 1. The molecule has 0 aliphatic heterocycles. The van der Waals surface area contributed by atoms with E-state index in [1.807, 2.05) is 17.0 Å². The van der Waals surface area contributed by atoms with Gasteiger partial charge in [-0.15, -0.1) is 0 Å². The van der Waals surface area contributed by atoms with Crippen molar-refractivity contribution in [2.24, 2.45) is 0 Å². The average Bonchev–Trinajstić information content (AvgIpc) is 3.26. The summed E-state index contributed by atoms with van der Waals surface area (Å²) in [7, 11) is 0. The number of nitrogens with zero attached hydrogens (tertiary/aromatic N) is 2. The van der Waals surface area contributed by atoms with Crippen LogP contribution in [0.5, 0.6) is 0 Å². The largest absolute Gasteiger partial charge is 0.481 e. The molecule has 0 spiro atoms. The Hall–Kier alpha value is -1.91. The van der Waals surface area contributed by atoms with Crippen molar-refractivity contribution in [2.75, 3.05) is 0 Å². The first-order valence-corrected chi connectivity index (χ1v) is 7.07. The van der Waals surface area contributed by atoms with E-state index < -0.39 is 5.97 Å². The van der Waals surface area contributed by atoms with E-state index in [2.05, 4.69) is 4.98 Å². The molecule has 1 fully saturated rings. The molecule has 1 aromatic heterocycles. The maximum atomic E-state index is 12.2. The van der Waals surface area contributed by atoms with E-state index in [0.29, 0.717) is 31.8 Å². The number of rotatable bonds is 8. The summed E-state index contributed by atoms with van der Waals surface area (Å²) in [5.74, 6) is -0.664. The van der Waals surface area contributed by atoms with Gasteiger partial charge in [-0.2, -0.15) is 0 Å². The highest BCUT2D eigenvalue weighted by Gasteiger charge is 2.32. The molecule has 1 aliphatic carbocycles. The lowest BCUT2D eigenvalue weighted by atomic mass is 10.1. The third kappa shape index (κ3) is 4.64. The molecule has 2 rings (SSSR count). The van der Waals surface area contributed by atoms with Crippen LogP contribution < -0.4 is 0 Å². The smallest absolute Gasteiger partial charge is 0.303 e. The van der Waals surface area contributed by atoms with Crippen molar-refractivity contribution < 1.29 is 14.7 Å². The van der Waals surface area contributed by atoms with Crippen molar-refractivity contribution >= 4 is 11.9 Å². The molecule has 1 saturated carbocycles. The molecule has 0 bridgehead atoms.